The fraction of sp³-hybridized carbons (Fsp3) is 0.357. The topological polar surface area (TPSA) is 39.3 Å². The maximum atomic E-state index is 10.8. The van der Waals surface area contributed by atoms with Crippen molar-refractivity contribution in [3.8, 4) is 0 Å². The maximum absolute atomic E-state index is 10.8. The number of likely N-dealkylation sites (N-methyl/N-ethyl adjacent to an activating group) is 1. The van der Waals surface area contributed by atoms with E-state index in [1.165, 1.54) is 5.69 Å². The predicted octanol–water partition coefficient (Wildman–Crippen LogP) is 1.73. The van der Waals surface area contributed by atoms with E-state index in [1.54, 1.807) is 0 Å². The van der Waals surface area contributed by atoms with Gasteiger partial charge >= 0.3 is 0 Å². The molecule has 0 bridgehead atoms. The number of rotatable bonds is 2. The molecule has 1 aromatic carbocycles. The van der Waals surface area contributed by atoms with Crippen LogP contribution in [-0.2, 0) is 0 Å². The van der Waals surface area contributed by atoms with Crippen molar-refractivity contribution in [3.05, 3.63) is 30.0 Å². The van der Waals surface area contributed by atoms with Gasteiger partial charge in [-0.1, -0.05) is 0 Å². The number of aromatic amines is 1. The van der Waals surface area contributed by atoms with Gasteiger partial charge in [0.15, 0.2) is 6.29 Å². The van der Waals surface area contributed by atoms with Gasteiger partial charge in [0.2, 0.25) is 0 Å². The molecule has 1 N–H and O–H groups in total. The van der Waals surface area contributed by atoms with Crippen LogP contribution in [0, 0.1) is 0 Å². The first-order valence-corrected chi connectivity index (χ1v) is 6.28. The minimum atomic E-state index is 0.639. The van der Waals surface area contributed by atoms with Crippen LogP contribution < -0.4 is 4.90 Å². The molecule has 0 radical (unpaired) electrons. The zero-order valence-corrected chi connectivity index (χ0v) is 10.5. The number of fused-ring (bicyclic) bond motifs is 1. The molecule has 1 aromatic heterocycles. The number of carbonyl (C=O) groups excluding carboxylic acids is 1. The van der Waals surface area contributed by atoms with Crippen LogP contribution in [0.15, 0.2) is 24.3 Å². The number of hydrogen-bond acceptors (Lipinski definition) is 3. The summed E-state index contributed by atoms with van der Waals surface area (Å²) >= 11 is 0. The Hall–Kier alpha value is -1.81. The van der Waals surface area contributed by atoms with Gasteiger partial charge in [0, 0.05) is 42.8 Å². The molecule has 0 spiro atoms. The molecule has 18 heavy (non-hydrogen) atoms. The highest BCUT2D eigenvalue weighted by molar-refractivity contribution is 5.89. The van der Waals surface area contributed by atoms with Crippen LogP contribution in [-0.4, -0.2) is 49.4 Å². The van der Waals surface area contributed by atoms with E-state index in [4.69, 9.17) is 0 Å². The van der Waals surface area contributed by atoms with Crippen molar-refractivity contribution in [2.75, 3.05) is 38.1 Å². The van der Waals surface area contributed by atoms with Gasteiger partial charge in [0.1, 0.15) is 0 Å². The smallest absolute Gasteiger partial charge is 0.166 e. The molecular weight excluding hydrogens is 226 g/mol. The first-order valence-electron chi connectivity index (χ1n) is 6.28. The molecular formula is C14H17N3O. The van der Waals surface area contributed by atoms with Gasteiger partial charge in [0.05, 0.1) is 5.69 Å². The van der Waals surface area contributed by atoms with Gasteiger partial charge in [-0.05, 0) is 31.3 Å². The number of aromatic nitrogens is 1. The lowest BCUT2D eigenvalue weighted by molar-refractivity contribution is 0.112. The van der Waals surface area contributed by atoms with Gasteiger partial charge < -0.3 is 14.8 Å². The van der Waals surface area contributed by atoms with E-state index in [0.717, 1.165) is 43.4 Å². The normalized spacial score (nSPS) is 17.3. The highest BCUT2D eigenvalue weighted by Crippen LogP contribution is 2.23. The standard InChI is InChI=1S/C14H17N3O/c1-16-4-6-17(7-5-16)13-2-3-14-11(9-13)8-12(10-18)15-14/h2-3,8-10,15H,4-7H2,1H3. The van der Waals surface area contributed by atoms with Crippen LogP contribution >= 0.6 is 0 Å². The van der Waals surface area contributed by atoms with Crippen molar-refractivity contribution in [1.29, 1.82) is 0 Å². The summed E-state index contributed by atoms with van der Waals surface area (Å²) in [5, 5.41) is 1.11. The minimum Gasteiger partial charge on any atom is -0.369 e. The number of aldehydes is 1. The summed E-state index contributed by atoms with van der Waals surface area (Å²) in [5.41, 5.74) is 2.91. The largest absolute Gasteiger partial charge is 0.369 e. The first kappa shape index (κ1) is 11.3. The fourth-order valence-corrected chi connectivity index (χ4v) is 2.47. The lowest BCUT2D eigenvalue weighted by Gasteiger charge is -2.34. The molecule has 0 saturated carbocycles. The highest BCUT2D eigenvalue weighted by Gasteiger charge is 2.14. The second kappa shape index (κ2) is 4.46. The predicted molar refractivity (Wildman–Crippen MR) is 73.4 cm³/mol. The molecule has 1 aliphatic heterocycles. The summed E-state index contributed by atoms with van der Waals surface area (Å²) in [6, 6.07) is 8.24. The molecule has 0 amide bonds. The van der Waals surface area contributed by atoms with Crippen LogP contribution in [0.1, 0.15) is 10.5 Å². The van der Waals surface area contributed by atoms with Gasteiger partial charge in [-0.2, -0.15) is 0 Å². The summed E-state index contributed by atoms with van der Waals surface area (Å²) in [6.45, 7) is 4.33. The molecule has 0 aliphatic carbocycles. The molecule has 3 rings (SSSR count). The number of benzene rings is 1. The number of hydrogen-bond donors (Lipinski definition) is 1. The summed E-state index contributed by atoms with van der Waals surface area (Å²) in [7, 11) is 2.16. The molecule has 2 aromatic rings. The molecule has 4 nitrogen and oxygen atoms in total. The molecule has 1 aliphatic rings. The summed E-state index contributed by atoms with van der Waals surface area (Å²) in [4.78, 5) is 18.6. The molecule has 4 heteroatoms. The second-order valence-electron chi connectivity index (χ2n) is 4.90. The Kier molecular flexibility index (Phi) is 2.80. The number of nitrogens with one attached hydrogen (secondary N) is 1. The number of anilines is 1. The Labute approximate surface area is 106 Å². The number of carbonyl (C=O) groups is 1. The van der Waals surface area contributed by atoms with Crippen molar-refractivity contribution in [1.82, 2.24) is 9.88 Å². The van der Waals surface area contributed by atoms with Gasteiger partial charge in [-0.25, -0.2) is 0 Å². The van der Waals surface area contributed by atoms with Crippen molar-refractivity contribution >= 4 is 22.9 Å². The van der Waals surface area contributed by atoms with E-state index in [2.05, 4.69) is 40.0 Å². The van der Waals surface area contributed by atoms with E-state index in [0.29, 0.717) is 5.69 Å². The van der Waals surface area contributed by atoms with Crippen LogP contribution in [0.5, 0.6) is 0 Å². The maximum Gasteiger partial charge on any atom is 0.166 e. The Bertz CT molecular complexity index is 567. The Morgan fingerprint density at radius 3 is 2.67 bits per heavy atom. The highest BCUT2D eigenvalue weighted by atomic mass is 16.1. The van der Waals surface area contributed by atoms with Crippen LogP contribution in [0.4, 0.5) is 5.69 Å². The average Bonchev–Trinajstić information content (AvgIpc) is 2.81. The number of H-pyrrole nitrogens is 1. The second-order valence-corrected chi connectivity index (χ2v) is 4.90. The van der Waals surface area contributed by atoms with E-state index in [-0.39, 0.29) is 0 Å². The quantitative estimate of drug-likeness (QED) is 0.817. The lowest BCUT2D eigenvalue weighted by atomic mass is 10.2. The fourth-order valence-electron chi connectivity index (χ4n) is 2.47. The third-order valence-electron chi connectivity index (χ3n) is 3.62. The summed E-state index contributed by atoms with van der Waals surface area (Å²) in [5.74, 6) is 0. The van der Waals surface area contributed by atoms with Gasteiger partial charge in [0.25, 0.3) is 0 Å². The Morgan fingerprint density at radius 2 is 1.94 bits per heavy atom. The minimum absolute atomic E-state index is 0.639. The van der Waals surface area contributed by atoms with Crippen LogP contribution in [0.2, 0.25) is 0 Å². The summed E-state index contributed by atoms with van der Waals surface area (Å²) in [6.07, 6.45) is 0.857. The van der Waals surface area contributed by atoms with E-state index in [9.17, 15) is 4.79 Å². The van der Waals surface area contributed by atoms with E-state index < -0.39 is 0 Å². The third kappa shape index (κ3) is 1.99. The monoisotopic (exact) mass is 243 g/mol. The molecule has 0 unspecified atom stereocenters. The third-order valence-corrected chi connectivity index (χ3v) is 3.62. The van der Waals surface area contributed by atoms with Crippen molar-refractivity contribution in [3.63, 3.8) is 0 Å². The Balaban J connectivity index is 1.90. The summed E-state index contributed by atoms with van der Waals surface area (Å²) < 4.78 is 0. The van der Waals surface area contributed by atoms with Gasteiger partial charge in [-0.3, -0.25) is 4.79 Å². The first-order chi connectivity index (χ1) is 8.76. The van der Waals surface area contributed by atoms with Crippen LogP contribution in [0.3, 0.4) is 0 Å². The zero-order chi connectivity index (χ0) is 12.5. The van der Waals surface area contributed by atoms with Crippen molar-refractivity contribution < 1.29 is 4.79 Å². The zero-order valence-electron chi connectivity index (χ0n) is 10.5. The number of nitrogens with zero attached hydrogens (tertiary/aromatic N) is 2. The average molecular weight is 243 g/mol. The Morgan fingerprint density at radius 1 is 1.17 bits per heavy atom. The van der Waals surface area contributed by atoms with Crippen molar-refractivity contribution in [2.45, 2.75) is 0 Å². The van der Waals surface area contributed by atoms with E-state index in [1.807, 2.05) is 6.07 Å². The molecule has 0 atom stereocenters. The number of piperazine rings is 1. The lowest BCUT2D eigenvalue weighted by Crippen LogP contribution is -2.44. The molecule has 1 fully saturated rings. The van der Waals surface area contributed by atoms with Crippen molar-refractivity contribution in [2.24, 2.45) is 0 Å². The van der Waals surface area contributed by atoms with E-state index >= 15 is 0 Å². The molecule has 2 heterocycles. The van der Waals surface area contributed by atoms with Gasteiger partial charge in [-0.15, -0.1) is 0 Å². The van der Waals surface area contributed by atoms with Crippen LogP contribution in [0.25, 0.3) is 10.9 Å². The SMILES string of the molecule is CN1CCN(c2ccc3[nH]c(C=O)cc3c2)CC1. The molecule has 94 valence electrons. The molecule has 1 saturated heterocycles.